The van der Waals surface area contributed by atoms with E-state index in [1.165, 1.54) is 12.1 Å². The number of anilines is 1. The lowest BCUT2D eigenvalue weighted by molar-refractivity contribution is 0.0604. The summed E-state index contributed by atoms with van der Waals surface area (Å²) in [5.41, 5.74) is 2.94. The normalized spacial score (nSPS) is 16.1. The van der Waals surface area contributed by atoms with E-state index in [0.717, 1.165) is 17.7 Å². The van der Waals surface area contributed by atoms with E-state index in [1.807, 2.05) is 31.2 Å². The molecule has 1 unspecified atom stereocenters. The molecule has 1 aliphatic heterocycles. The van der Waals surface area contributed by atoms with Gasteiger partial charge in [-0.1, -0.05) is 18.2 Å². The van der Waals surface area contributed by atoms with Crippen LogP contribution in [0.3, 0.4) is 0 Å². The number of hydrogen-bond acceptors (Lipinski definition) is 3. The van der Waals surface area contributed by atoms with Crippen LogP contribution < -0.4 is 4.90 Å². The van der Waals surface area contributed by atoms with Crippen molar-refractivity contribution in [2.24, 2.45) is 0 Å². The lowest BCUT2D eigenvalue weighted by atomic mass is 10.1. The van der Waals surface area contributed by atoms with Gasteiger partial charge in [0, 0.05) is 30.0 Å². The van der Waals surface area contributed by atoms with Crippen LogP contribution in [0.25, 0.3) is 0 Å². The number of amides is 1. The van der Waals surface area contributed by atoms with Crippen LogP contribution >= 0.6 is 0 Å². The zero-order valence-corrected chi connectivity index (χ0v) is 14.5. The third kappa shape index (κ3) is 3.72. The first-order chi connectivity index (χ1) is 12.1. The van der Waals surface area contributed by atoms with Gasteiger partial charge in [-0.15, -0.1) is 0 Å². The van der Waals surface area contributed by atoms with E-state index in [-0.39, 0.29) is 24.4 Å². The van der Waals surface area contributed by atoms with Gasteiger partial charge in [-0.05, 0) is 43.2 Å². The number of carbonyl (C=O) groups excluding carboxylic acids is 1. The van der Waals surface area contributed by atoms with Crippen molar-refractivity contribution in [3.05, 3.63) is 65.0 Å². The molecule has 0 spiro atoms. The zero-order chi connectivity index (χ0) is 17.8. The lowest BCUT2D eigenvalue weighted by Crippen LogP contribution is -2.35. The molecule has 0 radical (unpaired) electrons. The Bertz CT molecular complexity index is 762. The first kappa shape index (κ1) is 17.6. The van der Waals surface area contributed by atoms with Gasteiger partial charge in [0.05, 0.1) is 19.8 Å². The number of hydrogen-bond donors (Lipinski definition) is 0. The molecule has 0 N–H and O–H groups in total. The van der Waals surface area contributed by atoms with Gasteiger partial charge in [-0.2, -0.15) is 0 Å². The molecular formula is C20H22FNO3. The number of carbonyl (C=O) groups is 1. The summed E-state index contributed by atoms with van der Waals surface area (Å²) in [6, 6.07) is 12.4. The number of halogens is 1. The van der Waals surface area contributed by atoms with Gasteiger partial charge in [0.25, 0.3) is 5.91 Å². The van der Waals surface area contributed by atoms with Crippen LogP contribution in [0.1, 0.15) is 28.4 Å². The molecule has 0 saturated heterocycles. The highest BCUT2D eigenvalue weighted by Gasteiger charge is 2.31. The molecule has 5 heteroatoms. The van der Waals surface area contributed by atoms with Crippen molar-refractivity contribution in [2.45, 2.75) is 26.0 Å². The SMILES string of the molecule is COCCOCc1cc(C(=O)N2c3ccccc3CC2C)ccc1F. The topological polar surface area (TPSA) is 38.8 Å². The Balaban J connectivity index is 1.81. The van der Waals surface area contributed by atoms with E-state index in [1.54, 1.807) is 18.1 Å². The number of para-hydroxylation sites is 1. The quantitative estimate of drug-likeness (QED) is 0.753. The molecular weight excluding hydrogens is 321 g/mol. The molecule has 1 amide bonds. The molecule has 0 saturated carbocycles. The molecule has 0 fully saturated rings. The van der Waals surface area contributed by atoms with Gasteiger partial charge < -0.3 is 14.4 Å². The summed E-state index contributed by atoms with van der Waals surface area (Å²) in [7, 11) is 1.58. The minimum absolute atomic E-state index is 0.0800. The van der Waals surface area contributed by atoms with Gasteiger partial charge in [0.1, 0.15) is 5.82 Å². The van der Waals surface area contributed by atoms with Gasteiger partial charge in [-0.25, -0.2) is 4.39 Å². The molecule has 1 heterocycles. The summed E-state index contributed by atoms with van der Waals surface area (Å²) in [4.78, 5) is 14.8. The minimum atomic E-state index is -0.371. The standard InChI is InChI=1S/C20H22FNO3/c1-14-11-15-5-3-4-6-19(15)22(14)20(23)16-7-8-18(21)17(12-16)13-25-10-9-24-2/h3-8,12,14H,9-11,13H2,1-2H3. The maximum atomic E-state index is 14.0. The number of nitrogens with zero attached hydrogens (tertiary/aromatic N) is 1. The Hall–Kier alpha value is -2.24. The fourth-order valence-corrected chi connectivity index (χ4v) is 3.16. The third-order valence-electron chi connectivity index (χ3n) is 4.41. The Morgan fingerprint density at radius 3 is 2.84 bits per heavy atom. The molecule has 25 heavy (non-hydrogen) atoms. The van der Waals surface area contributed by atoms with Crippen LogP contribution in [-0.2, 0) is 22.5 Å². The Morgan fingerprint density at radius 1 is 1.24 bits per heavy atom. The Morgan fingerprint density at radius 2 is 2.04 bits per heavy atom. The van der Waals surface area contributed by atoms with E-state index in [4.69, 9.17) is 9.47 Å². The molecule has 0 aliphatic carbocycles. The van der Waals surface area contributed by atoms with Crippen LogP contribution in [0.15, 0.2) is 42.5 Å². The van der Waals surface area contributed by atoms with E-state index >= 15 is 0 Å². The molecule has 0 bridgehead atoms. The van der Waals surface area contributed by atoms with Gasteiger partial charge in [0.2, 0.25) is 0 Å². The number of rotatable bonds is 6. The molecule has 4 nitrogen and oxygen atoms in total. The Labute approximate surface area is 147 Å². The van der Waals surface area contributed by atoms with Crippen LogP contribution in [0.2, 0.25) is 0 Å². The van der Waals surface area contributed by atoms with E-state index in [0.29, 0.717) is 24.3 Å². The monoisotopic (exact) mass is 343 g/mol. The highest BCUT2D eigenvalue weighted by Crippen LogP contribution is 2.33. The summed E-state index contributed by atoms with van der Waals surface area (Å²) in [6.45, 7) is 2.96. The first-order valence-corrected chi connectivity index (χ1v) is 8.38. The zero-order valence-electron chi connectivity index (χ0n) is 14.5. The molecule has 1 atom stereocenters. The first-order valence-electron chi connectivity index (χ1n) is 8.38. The van der Waals surface area contributed by atoms with Gasteiger partial charge in [0.15, 0.2) is 0 Å². The molecule has 2 aromatic rings. The number of methoxy groups -OCH3 is 1. The predicted octanol–water partition coefficient (Wildman–Crippen LogP) is 3.58. The van der Waals surface area contributed by atoms with E-state index in [9.17, 15) is 9.18 Å². The van der Waals surface area contributed by atoms with Crippen LogP contribution in [0.4, 0.5) is 10.1 Å². The fourth-order valence-electron chi connectivity index (χ4n) is 3.16. The van der Waals surface area contributed by atoms with Crippen LogP contribution in [0, 0.1) is 5.82 Å². The number of ether oxygens (including phenoxy) is 2. The van der Waals surface area contributed by atoms with Crippen molar-refractivity contribution in [2.75, 3.05) is 25.2 Å². The van der Waals surface area contributed by atoms with Crippen molar-refractivity contribution < 1.29 is 18.7 Å². The minimum Gasteiger partial charge on any atom is -0.382 e. The second kappa shape index (κ2) is 7.76. The van der Waals surface area contributed by atoms with Crippen molar-refractivity contribution in [3.8, 4) is 0 Å². The molecule has 3 rings (SSSR count). The predicted molar refractivity (Wildman–Crippen MR) is 94.3 cm³/mol. The summed E-state index contributed by atoms with van der Waals surface area (Å²) in [6.07, 6.45) is 0.829. The molecule has 132 valence electrons. The molecule has 0 aromatic heterocycles. The van der Waals surface area contributed by atoms with Crippen molar-refractivity contribution in [1.82, 2.24) is 0 Å². The highest BCUT2D eigenvalue weighted by molar-refractivity contribution is 6.07. The summed E-state index contributed by atoms with van der Waals surface area (Å²) < 4.78 is 24.3. The van der Waals surface area contributed by atoms with E-state index < -0.39 is 0 Å². The molecule has 2 aromatic carbocycles. The second-order valence-electron chi connectivity index (χ2n) is 6.21. The maximum Gasteiger partial charge on any atom is 0.258 e. The average Bonchev–Trinajstić information content (AvgIpc) is 2.95. The smallest absolute Gasteiger partial charge is 0.258 e. The fraction of sp³-hybridized carbons (Fsp3) is 0.350. The molecule has 1 aliphatic rings. The van der Waals surface area contributed by atoms with Crippen LogP contribution in [0.5, 0.6) is 0 Å². The number of fused-ring (bicyclic) bond motifs is 1. The van der Waals surface area contributed by atoms with Gasteiger partial charge in [-0.3, -0.25) is 4.79 Å². The average molecular weight is 343 g/mol. The lowest BCUT2D eigenvalue weighted by Gasteiger charge is -2.23. The summed E-state index contributed by atoms with van der Waals surface area (Å²) >= 11 is 0. The van der Waals surface area contributed by atoms with Gasteiger partial charge >= 0.3 is 0 Å². The largest absolute Gasteiger partial charge is 0.382 e. The third-order valence-corrected chi connectivity index (χ3v) is 4.41. The van der Waals surface area contributed by atoms with Crippen molar-refractivity contribution >= 4 is 11.6 Å². The summed E-state index contributed by atoms with van der Waals surface area (Å²) in [5, 5.41) is 0. The van der Waals surface area contributed by atoms with E-state index in [2.05, 4.69) is 0 Å². The Kier molecular flexibility index (Phi) is 5.46. The van der Waals surface area contributed by atoms with Crippen molar-refractivity contribution in [3.63, 3.8) is 0 Å². The van der Waals surface area contributed by atoms with Crippen molar-refractivity contribution in [1.29, 1.82) is 0 Å². The maximum absolute atomic E-state index is 14.0. The van der Waals surface area contributed by atoms with Crippen LogP contribution in [-0.4, -0.2) is 32.3 Å². The second-order valence-corrected chi connectivity index (χ2v) is 6.21. The summed E-state index contributed by atoms with van der Waals surface area (Å²) in [5.74, 6) is -0.487. The number of benzene rings is 2. The highest BCUT2D eigenvalue weighted by atomic mass is 19.1.